The van der Waals surface area contributed by atoms with Crippen molar-refractivity contribution in [1.82, 2.24) is 14.1 Å². The van der Waals surface area contributed by atoms with Crippen molar-refractivity contribution in [2.45, 2.75) is 62.7 Å². The maximum Gasteiger partial charge on any atom is 0.469 e. The van der Waals surface area contributed by atoms with Gasteiger partial charge in [0.25, 0.3) is 5.56 Å². The fourth-order valence-electron chi connectivity index (χ4n) is 4.40. The average Bonchev–Trinajstić information content (AvgIpc) is 3.40. The zero-order valence-electron chi connectivity index (χ0n) is 17.6. The van der Waals surface area contributed by atoms with Gasteiger partial charge in [0.15, 0.2) is 6.23 Å². The Morgan fingerprint density at radius 1 is 1.15 bits per heavy atom. The SMILES string of the molecule is O=c1ccn([C@@H]2O[C@H](COP(=O)(O)O)C(O)[C@@H]2O)c(=O)n1Cc1cc(C2CCCC2)ccn1. The summed E-state index contributed by atoms with van der Waals surface area (Å²) >= 11 is 0. The lowest BCUT2D eigenvalue weighted by Crippen LogP contribution is -2.43. The molecule has 1 unspecified atom stereocenters. The van der Waals surface area contributed by atoms with Gasteiger partial charge in [-0.3, -0.25) is 23.4 Å². The molecular weight excluding hydrogens is 457 g/mol. The van der Waals surface area contributed by atoms with Crippen LogP contribution in [0.4, 0.5) is 0 Å². The first kappa shape index (κ1) is 24.0. The predicted octanol–water partition coefficient (Wildman–Crippen LogP) is -0.161. The zero-order chi connectivity index (χ0) is 23.8. The van der Waals surface area contributed by atoms with Crippen LogP contribution in [0.5, 0.6) is 0 Å². The molecule has 0 radical (unpaired) electrons. The standard InChI is InChI=1S/C20H26N3O9P/c24-16-6-8-22(19-18(26)17(25)15(32-19)11-31-33(28,29)30)20(27)23(16)10-14-9-13(5-7-21-14)12-3-1-2-4-12/h5-9,12,15,17-19,25-26H,1-4,10-11H2,(H2,28,29,30)/t15-,17?,18+,19-/m1/s1. The molecule has 1 saturated heterocycles. The molecule has 1 saturated carbocycles. The van der Waals surface area contributed by atoms with Gasteiger partial charge in [0.2, 0.25) is 0 Å². The lowest BCUT2D eigenvalue weighted by molar-refractivity contribution is -0.0548. The molecule has 3 heterocycles. The van der Waals surface area contributed by atoms with Crippen molar-refractivity contribution in [3.8, 4) is 0 Å². The van der Waals surface area contributed by atoms with Crippen LogP contribution < -0.4 is 11.2 Å². The molecule has 13 heteroatoms. The van der Waals surface area contributed by atoms with Gasteiger partial charge in [0.05, 0.1) is 18.8 Å². The zero-order valence-corrected chi connectivity index (χ0v) is 18.5. The normalized spacial score (nSPS) is 26.2. The molecule has 1 aliphatic carbocycles. The van der Waals surface area contributed by atoms with E-state index < -0.39 is 50.2 Å². The lowest BCUT2D eigenvalue weighted by Gasteiger charge is -2.19. The van der Waals surface area contributed by atoms with Crippen molar-refractivity contribution >= 4 is 7.82 Å². The van der Waals surface area contributed by atoms with Crippen molar-refractivity contribution in [2.24, 2.45) is 0 Å². The molecule has 0 bridgehead atoms. The molecule has 0 amide bonds. The minimum absolute atomic E-state index is 0.0881. The second kappa shape index (κ2) is 9.59. The van der Waals surface area contributed by atoms with Crippen LogP contribution in [0.2, 0.25) is 0 Å². The van der Waals surface area contributed by atoms with E-state index in [0.29, 0.717) is 11.6 Å². The summed E-state index contributed by atoms with van der Waals surface area (Å²) < 4.78 is 22.6. The number of aliphatic hydroxyl groups is 2. The molecule has 0 aromatic carbocycles. The number of aromatic nitrogens is 3. The van der Waals surface area contributed by atoms with E-state index in [1.165, 1.54) is 12.8 Å². The second-order valence-electron chi connectivity index (χ2n) is 8.32. The summed E-state index contributed by atoms with van der Waals surface area (Å²) in [5.74, 6) is 0.437. The molecule has 33 heavy (non-hydrogen) atoms. The minimum Gasteiger partial charge on any atom is -0.387 e. The average molecular weight is 483 g/mol. The number of aliphatic hydroxyl groups excluding tert-OH is 2. The first-order chi connectivity index (χ1) is 15.6. The largest absolute Gasteiger partial charge is 0.469 e. The van der Waals surface area contributed by atoms with Crippen LogP contribution in [-0.2, 0) is 20.4 Å². The van der Waals surface area contributed by atoms with Gasteiger partial charge in [0.1, 0.15) is 18.3 Å². The van der Waals surface area contributed by atoms with Crippen molar-refractivity contribution in [1.29, 1.82) is 0 Å². The summed E-state index contributed by atoms with van der Waals surface area (Å²) in [5, 5.41) is 20.5. The van der Waals surface area contributed by atoms with Crippen LogP contribution in [0.3, 0.4) is 0 Å². The molecule has 4 N–H and O–H groups in total. The van der Waals surface area contributed by atoms with Crippen LogP contribution >= 0.6 is 7.82 Å². The Hall–Kier alpha value is -2.18. The predicted molar refractivity (Wildman–Crippen MR) is 113 cm³/mol. The van der Waals surface area contributed by atoms with E-state index in [1.54, 1.807) is 6.20 Å². The van der Waals surface area contributed by atoms with Crippen LogP contribution in [0, 0.1) is 0 Å². The summed E-state index contributed by atoms with van der Waals surface area (Å²) in [6, 6.07) is 4.96. The molecule has 2 aromatic rings. The fourth-order valence-corrected chi connectivity index (χ4v) is 4.74. The molecule has 12 nitrogen and oxygen atoms in total. The van der Waals surface area contributed by atoms with Gasteiger partial charge in [-0.1, -0.05) is 12.8 Å². The third kappa shape index (κ3) is 5.33. The van der Waals surface area contributed by atoms with Gasteiger partial charge in [-0.05, 0) is 36.5 Å². The smallest absolute Gasteiger partial charge is 0.387 e. The van der Waals surface area contributed by atoms with Crippen LogP contribution in [0.25, 0.3) is 0 Å². The number of nitrogens with zero attached hydrogens (tertiary/aromatic N) is 3. The van der Waals surface area contributed by atoms with E-state index in [1.807, 2.05) is 12.1 Å². The van der Waals surface area contributed by atoms with Gasteiger partial charge < -0.3 is 24.7 Å². The number of hydrogen-bond acceptors (Lipinski definition) is 8. The molecule has 1 aliphatic heterocycles. The van der Waals surface area contributed by atoms with Gasteiger partial charge in [-0.25, -0.2) is 9.36 Å². The summed E-state index contributed by atoms with van der Waals surface area (Å²) in [7, 11) is -4.82. The summed E-state index contributed by atoms with van der Waals surface area (Å²) in [4.78, 5) is 47.5. The molecule has 180 valence electrons. The topological polar surface area (TPSA) is 173 Å². The maximum atomic E-state index is 13.1. The molecule has 2 fully saturated rings. The highest BCUT2D eigenvalue weighted by atomic mass is 31.2. The second-order valence-corrected chi connectivity index (χ2v) is 9.56. The van der Waals surface area contributed by atoms with Crippen LogP contribution in [-0.4, -0.2) is 59.0 Å². The van der Waals surface area contributed by atoms with Gasteiger partial charge in [-0.2, -0.15) is 0 Å². The number of phosphoric acid groups is 1. The van der Waals surface area contributed by atoms with Gasteiger partial charge in [-0.15, -0.1) is 0 Å². The Kier molecular flexibility index (Phi) is 6.96. The number of phosphoric ester groups is 1. The number of hydrogen-bond donors (Lipinski definition) is 4. The maximum absolute atomic E-state index is 13.1. The van der Waals surface area contributed by atoms with Crippen molar-refractivity contribution in [2.75, 3.05) is 6.61 Å². The number of pyridine rings is 1. The molecule has 0 spiro atoms. The highest BCUT2D eigenvalue weighted by Gasteiger charge is 2.45. The number of rotatable bonds is 7. The van der Waals surface area contributed by atoms with Crippen molar-refractivity contribution < 1.29 is 33.8 Å². The van der Waals surface area contributed by atoms with Gasteiger partial charge in [0, 0.05) is 18.5 Å². The Morgan fingerprint density at radius 2 is 1.88 bits per heavy atom. The summed E-state index contributed by atoms with van der Waals surface area (Å²) in [6.07, 6.45) is 1.46. The highest BCUT2D eigenvalue weighted by molar-refractivity contribution is 7.46. The molecule has 4 rings (SSSR count). The lowest BCUT2D eigenvalue weighted by atomic mass is 9.98. The third-order valence-electron chi connectivity index (χ3n) is 6.10. The monoisotopic (exact) mass is 483 g/mol. The van der Waals surface area contributed by atoms with Crippen molar-refractivity contribution in [3.63, 3.8) is 0 Å². The number of ether oxygens (including phenoxy) is 1. The Balaban J connectivity index is 1.57. The van der Waals surface area contributed by atoms with E-state index in [2.05, 4.69) is 9.51 Å². The molecule has 4 atom stereocenters. The summed E-state index contributed by atoms with van der Waals surface area (Å²) in [5.41, 5.74) is 0.298. The van der Waals surface area contributed by atoms with Gasteiger partial charge >= 0.3 is 13.5 Å². The van der Waals surface area contributed by atoms with E-state index in [-0.39, 0.29) is 6.54 Å². The minimum atomic E-state index is -4.82. The van der Waals surface area contributed by atoms with E-state index in [9.17, 15) is 24.4 Å². The first-order valence-corrected chi connectivity index (χ1v) is 12.2. The third-order valence-corrected chi connectivity index (χ3v) is 6.59. The van der Waals surface area contributed by atoms with E-state index in [4.69, 9.17) is 14.5 Å². The Bertz CT molecular complexity index is 1150. The molecule has 2 aromatic heterocycles. The fraction of sp³-hybridized carbons (Fsp3) is 0.550. The molecular formula is C20H26N3O9P. The quantitative estimate of drug-likeness (QED) is 0.388. The van der Waals surface area contributed by atoms with Crippen molar-refractivity contribution in [3.05, 3.63) is 62.7 Å². The van der Waals surface area contributed by atoms with Crippen LogP contribution in [0.15, 0.2) is 40.2 Å². The highest BCUT2D eigenvalue weighted by Crippen LogP contribution is 2.38. The summed E-state index contributed by atoms with van der Waals surface area (Å²) in [6.45, 7) is -0.791. The molecule has 2 aliphatic rings. The Labute approximate surface area is 188 Å². The Morgan fingerprint density at radius 3 is 2.58 bits per heavy atom. The first-order valence-electron chi connectivity index (χ1n) is 10.6. The van der Waals surface area contributed by atoms with E-state index in [0.717, 1.165) is 39.8 Å². The van der Waals surface area contributed by atoms with E-state index >= 15 is 0 Å². The van der Waals surface area contributed by atoms with Crippen LogP contribution in [0.1, 0.15) is 49.1 Å².